The molecule has 0 atom stereocenters. The Balaban J connectivity index is 1.61. The Morgan fingerprint density at radius 2 is 2.17 bits per heavy atom. The average molecular weight is 391 g/mol. The van der Waals surface area contributed by atoms with Gasteiger partial charge in [0.1, 0.15) is 25.3 Å². The van der Waals surface area contributed by atoms with Crippen LogP contribution in [0, 0.1) is 0 Å². The molecule has 0 aliphatic heterocycles. The smallest absolute Gasteiger partial charge is 0.341 e. The molecule has 0 radical (unpaired) electrons. The molecule has 0 aliphatic rings. The van der Waals surface area contributed by atoms with Crippen LogP contribution in [0.4, 0.5) is 0 Å². The number of rotatable bonds is 6. The van der Waals surface area contributed by atoms with Gasteiger partial charge in [-0.25, -0.2) is 14.3 Å². The van der Waals surface area contributed by atoms with Crippen LogP contribution < -0.4 is 4.74 Å². The standard InChI is InChI=1S/C16H15BrN4O3/c1-2-14-13(9-18-16-19-10-20-21(14)16)15(22)24-7-6-23-12-5-3-4-11(17)8-12/h3-5,8-10H,2,6-7H2,1H3. The topological polar surface area (TPSA) is 78.6 Å². The number of aromatic nitrogens is 4. The zero-order chi connectivity index (χ0) is 16.9. The van der Waals surface area contributed by atoms with Crippen molar-refractivity contribution in [2.75, 3.05) is 13.2 Å². The van der Waals surface area contributed by atoms with Crippen LogP contribution in [0.2, 0.25) is 0 Å². The van der Waals surface area contributed by atoms with E-state index in [4.69, 9.17) is 9.47 Å². The molecule has 0 fully saturated rings. The molecular formula is C16H15BrN4O3. The van der Waals surface area contributed by atoms with Gasteiger partial charge in [-0.3, -0.25) is 0 Å². The third-order valence-corrected chi connectivity index (χ3v) is 3.83. The molecule has 3 rings (SSSR count). The summed E-state index contributed by atoms with van der Waals surface area (Å²) in [4.78, 5) is 20.4. The predicted molar refractivity (Wildman–Crippen MR) is 90.1 cm³/mol. The summed E-state index contributed by atoms with van der Waals surface area (Å²) in [5, 5.41) is 4.08. The fourth-order valence-electron chi connectivity index (χ4n) is 2.26. The van der Waals surface area contributed by atoms with Crippen LogP contribution in [0.1, 0.15) is 23.0 Å². The Labute approximate surface area is 146 Å². The van der Waals surface area contributed by atoms with E-state index in [0.29, 0.717) is 23.5 Å². The van der Waals surface area contributed by atoms with Gasteiger partial charge in [0, 0.05) is 10.7 Å². The van der Waals surface area contributed by atoms with Gasteiger partial charge in [-0.2, -0.15) is 10.1 Å². The number of hydrogen-bond donors (Lipinski definition) is 0. The quantitative estimate of drug-likeness (QED) is 0.475. The van der Waals surface area contributed by atoms with Crippen LogP contribution in [0.5, 0.6) is 5.75 Å². The van der Waals surface area contributed by atoms with Gasteiger partial charge < -0.3 is 9.47 Å². The molecule has 7 nitrogen and oxygen atoms in total. The van der Waals surface area contributed by atoms with Crippen LogP contribution in [0.25, 0.3) is 5.78 Å². The second kappa shape index (κ2) is 7.39. The first kappa shape index (κ1) is 16.4. The van der Waals surface area contributed by atoms with E-state index in [0.717, 1.165) is 10.2 Å². The third kappa shape index (κ3) is 3.53. The van der Waals surface area contributed by atoms with E-state index in [1.54, 1.807) is 4.52 Å². The second-order valence-electron chi connectivity index (χ2n) is 4.89. The van der Waals surface area contributed by atoms with E-state index >= 15 is 0 Å². The molecule has 1 aromatic carbocycles. The molecule has 0 N–H and O–H groups in total. The van der Waals surface area contributed by atoms with E-state index in [1.807, 2.05) is 31.2 Å². The highest BCUT2D eigenvalue weighted by Crippen LogP contribution is 2.17. The molecule has 2 heterocycles. The molecule has 0 spiro atoms. The molecule has 0 amide bonds. The number of aryl methyl sites for hydroxylation is 1. The van der Waals surface area contributed by atoms with E-state index in [1.165, 1.54) is 12.5 Å². The molecule has 24 heavy (non-hydrogen) atoms. The largest absolute Gasteiger partial charge is 0.490 e. The van der Waals surface area contributed by atoms with Crippen molar-refractivity contribution < 1.29 is 14.3 Å². The first-order chi connectivity index (χ1) is 11.7. The van der Waals surface area contributed by atoms with Crippen molar-refractivity contribution in [1.82, 2.24) is 19.6 Å². The first-order valence-corrected chi connectivity index (χ1v) is 8.21. The molecule has 3 aromatic rings. The van der Waals surface area contributed by atoms with Crippen LogP contribution in [-0.4, -0.2) is 38.8 Å². The van der Waals surface area contributed by atoms with Crippen molar-refractivity contribution in [3.05, 3.63) is 52.5 Å². The summed E-state index contributed by atoms with van der Waals surface area (Å²) in [6, 6.07) is 7.47. The number of esters is 1. The van der Waals surface area contributed by atoms with Crippen LogP contribution in [-0.2, 0) is 11.2 Å². The number of nitrogens with zero attached hydrogens (tertiary/aromatic N) is 4. The highest BCUT2D eigenvalue weighted by Gasteiger charge is 2.16. The predicted octanol–water partition coefficient (Wildman–Crippen LogP) is 2.69. The zero-order valence-electron chi connectivity index (χ0n) is 13.0. The lowest BCUT2D eigenvalue weighted by Gasteiger charge is -2.10. The SMILES string of the molecule is CCc1c(C(=O)OCCOc2cccc(Br)c2)cnc2ncnn12. The Morgan fingerprint density at radius 3 is 2.96 bits per heavy atom. The third-order valence-electron chi connectivity index (χ3n) is 3.34. The van der Waals surface area contributed by atoms with Gasteiger partial charge in [0.05, 0.1) is 11.3 Å². The molecule has 0 aliphatic carbocycles. The van der Waals surface area contributed by atoms with Gasteiger partial charge in [0.25, 0.3) is 5.78 Å². The van der Waals surface area contributed by atoms with Crippen molar-refractivity contribution >= 4 is 27.7 Å². The highest BCUT2D eigenvalue weighted by atomic mass is 79.9. The van der Waals surface area contributed by atoms with E-state index < -0.39 is 5.97 Å². The van der Waals surface area contributed by atoms with Gasteiger partial charge in [0.15, 0.2) is 0 Å². The maximum Gasteiger partial charge on any atom is 0.341 e. The Kier molecular flexibility index (Phi) is 5.05. The summed E-state index contributed by atoms with van der Waals surface area (Å²) in [5.74, 6) is 0.719. The molecule has 8 heteroatoms. The van der Waals surface area contributed by atoms with Crippen molar-refractivity contribution in [2.24, 2.45) is 0 Å². The normalized spacial score (nSPS) is 10.8. The van der Waals surface area contributed by atoms with Gasteiger partial charge in [0.2, 0.25) is 0 Å². The molecule has 0 saturated carbocycles. The van der Waals surface area contributed by atoms with Crippen molar-refractivity contribution in [3.8, 4) is 5.75 Å². The number of carbonyl (C=O) groups is 1. The maximum atomic E-state index is 12.3. The van der Waals surface area contributed by atoms with E-state index in [2.05, 4.69) is 31.0 Å². The fourth-order valence-corrected chi connectivity index (χ4v) is 2.64. The average Bonchev–Trinajstić information content (AvgIpc) is 3.06. The number of hydrogen-bond acceptors (Lipinski definition) is 6. The maximum absolute atomic E-state index is 12.3. The zero-order valence-corrected chi connectivity index (χ0v) is 14.6. The van der Waals surface area contributed by atoms with Gasteiger partial charge in [-0.15, -0.1) is 0 Å². The molecule has 0 unspecified atom stereocenters. The summed E-state index contributed by atoms with van der Waals surface area (Å²) < 4.78 is 13.3. The van der Waals surface area contributed by atoms with Gasteiger partial charge in [-0.1, -0.05) is 28.9 Å². The summed E-state index contributed by atoms with van der Waals surface area (Å²) in [7, 11) is 0. The highest BCUT2D eigenvalue weighted by molar-refractivity contribution is 9.10. The van der Waals surface area contributed by atoms with E-state index in [9.17, 15) is 4.79 Å². The summed E-state index contributed by atoms with van der Waals surface area (Å²) in [6.45, 7) is 2.34. The Bertz CT molecular complexity index is 865. The van der Waals surface area contributed by atoms with Crippen molar-refractivity contribution in [1.29, 1.82) is 0 Å². The molecule has 124 valence electrons. The van der Waals surface area contributed by atoms with Crippen LogP contribution in [0.3, 0.4) is 0 Å². The number of benzene rings is 1. The first-order valence-electron chi connectivity index (χ1n) is 7.42. The molecular weight excluding hydrogens is 376 g/mol. The monoisotopic (exact) mass is 390 g/mol. The van der Waals surface area contributed by atoms with E-state index in [-0.39, 0.29) is 13.2 Å². The van der Waals surface area contributed by atoms with Gasteiger partial charge >= 0.3 is 5.97 Å². The Hall–Kier alpha value is -2.48. The molecule has 2 aromatic heterocycles. The van der Waals surface area contributed by atoms with Crippen LogP contribution in [0.15, 0.2) is 41.3 Å². The number of halogens is 1. The molecule has 0 saturated heterocycles. The lowest BCUT2D eigenvalue weighted by molar-refractivity contribution is 0.0447. The van der Waals surface area contributed by atoms with Crippen molar-refractivity contribution in [2.45, 2.75) is 13.3 Å². The summed E-state index contributed by atoms with van der Waals surface area (Å²) >= 11 is 3.37. The lowest BCUT2D eigenvalue weighted by atomic mass is 10.2. The minimum absolute atomic E-state index is 0.143. The minimum atomic E-state index is -0.449. The fraction of sp³-hybridized carbons (Fsp3) is 0.250. The minimum Gasteiger partial charge on any atom is -0.490 e. The number of fused-ring (bicyclic) bond motifs is 1. The van der Waals surface area contributed by atoms with Crippen LogP contribution >= 0.6 is 15.9 Å². The summed E-state index contributed by atoms with van der Waals surface area (Å²) in [5.41, 5.74) is 1.10. The molecule has 0 bridgehead atoms. The van der Waals surface area contributed by atoms with Crippen molar-refractivity contribution in [3.63, 3.8) is 0 Å². The second-order valence-corrected chi connectivity index (χ2v) is 5.80. The number of ether oxygens (including phenoxy) is 2. The Morgan fingerprint density at radius 1 is 1.29 bits per heavy atom. The number of carbonyl (C=O) groups excluding carboxylic acids is 1. The van der Waals surface area contributed by atoms with Gasteiger partial charge in [-0.05, 0) is 24.6 Å². The lowest BCUT2D eigenvalue weighted by Crippen LogP contribution is -2.16. The summed E-state index contributed by atoms with van der Waals surface area (Å²) in [6.07, 6.45) is 3.49.